The Kier molecular flexibility index (Phi) is 2.04. The Morgan fingerprint density at radius 1 is 1.14 bits per heavy atom. The van der Waals surface area contributed by atoms with Crippen molar-refractivity contribution in [3.63, 3.8) is 0 Å². The summed E-state index contributed by atoms with van der Waals surface area (Å²) in [7, 11) is 1.88. The third-order valence-electron chi connectivity index (χ3n) is 2.32. The van der Waals surface area contributed by atoms with Crippen molar-refractivity contribution in [2.75, 3.05) is 0 Å². The lowest BCUT2D eigenvalue weighted by molar-refractivity contribution is -0.737. The highest BCUT2D eigenvalue weighted by Gasteiger charge is 2.14. The molecule has 0 spiro atoms. The van der Waals surface area contributed by atoms with Crippen molar-refractivity contribution in [2.24, 2.45) is 7.05 Å². The first-order valence-electron chi connectivity index (χ1n) is 4.54. The largest absolute Gasteiger partial charge is 0.259 e. The van der Waals surface area contributed by atoms with Crippen molar-refractivity contribution in [1.29, 1.82) is 0 Å². The third kappa shape index (κ3) is 1.39. The van der Waals surface area contributed by atoms with Crippen molar-refractivity contribution in [3.05, 3.63) is 35.7 Å². The molecule has 14 heavy (non-hydrogen) atoms. The third-order valence-corrected chi connectivity index (χ3v) is 2.32. The van der Waals surface area contributed by atoms with Crippen molar-refractivity contribution in [1.82, 2.24) is 15.1 Å². The Hall–Kier alpha value is -1.71. The average molecular weight is 189 g/mol. The Balaban J connectivity index is 2.49. The predicted molar refractivity (Wildman–Crippen MR) is 52.0 cm³/mol. The smallest absolute Gasteiger partial charge is 0.140 e. The number of benzene rings is 1. The molecule has 4 nitrogen and oxygen atoms in total. The Morgan fingerprint density at radius 3 is 2.29 bits per heavy atom. The molecular formula is C10H13N4+. The van der Waals surface area contributed by atoms with Crippen molar-refractivity contribution in [2.45, 2.75) is 13.8 Å². The van der Waals surface area contributed by atoms with Crippen LogP contribution in [-0.4, -0.2) is 15.1 Å². The first-order chi connectivity index (χ1) is 6.68. The van der Waals surface area contributed by atoms with Gasteiger partial charge in [-0.25, -0.2) is 0 Å². The zero-order valence-corrected chi connectivity index (χ0v) is 8.60. The fourth-order valence-corrected chi connectivity index (χ4v) is 1.29. The molecule has 1 aromatic carbocycles. The first kappa shape index (κ1) is 8.87. The first-order valence-corrected chi connectivity index (χ1v) is 4.54. The van der Waals surface area contributed by atoms with Crippen LogP contribution >= 0.6 is 0 Å². The molecule has 0 atom stereocenters. The Bertz CT molecular complexity index is 442. The number of hydrogen-bond acceptors (Lipinski definition) is 2. The maximum Gasteiger partial charge on any atom is 0.259 e. The van der Waals surface area contributed by atoms with Crippen LogP contribution in [0, 0.1) is 13.8 Å². The van der Waals surface area contributed by atoms with E-state index >= 15 is 0 Å². The van der Waals surface area contributed by atoms with E-state index in [2.05, 4.69) is 29.5 Å². The molecule has 0 amide bonds. The number of rotatable bonds is 1. The Morgan fingerprint density at radius 2 is 1.79 bits per heavy atom. The van der Waals surface area contributed by atoms with Gasteiger partial charge in [0.05, 0.1) is 7.05 Å². The zero-order valence-electron chi connectivity index (χ0n) is 8.60. The highest BCUT2D eigenvalue weighted by Crippen LogP contribution is 2.07. The van der Waals surface area contributed by atoms with E-state index in [-0.39, 0.29) is 0 Å². The molecule has 0 fully saturated rings. The number of hydrogen-bond donors (Lipinski definition) is 0. The van der Waals surface area contributed by atoms with E-state index in [1.54, 1.807) is 4.68 Å². The van der Waals surface area contributed by atoms with Crippen LogP contribution in [0.4, 0.5) is 0 Å². The van der Waals surface area contributed by atoms with Gasteiger partial charge in [0.1, 0.15) is 10.9 Å². The average Bonchev–Trinajstić information content (AvgIpc) is 2.50. The normalized spacial score (nSPS) is 10.5. The lowest BCUT2D eigenvalue weighted by Crippen LogP contribution is -2.33. The van der Waals surface area contributed by atoms with Gasteiger partial charge in [-0.1, -0.05) is 22.4 Å². The van der Waals surface area contributed by atoms with Gasteiger partial charge in [-0.05, 0) is 19.1 Å². The monoisotopic (exact) mass is 189 g/mol. The van der Waals surface area contributed by atoms with E-state index in [0.717, 1.165) is 11.5 Å². The van der Waals surface area contributed by atoms with Gasteiger partial charge in [-0.3, -0.25) is 0 Å². The van der Waals surface area contributed by atoms with Crippen LogP contribution in [0.3, 0.4) is 0 Å². The summed E-state index contributed by atoms with van der Waals surface area (Å²) in [4.78, 5) is 0. The minimum atomic E-state index is 1.01. The molecule has 1 aromatic heterocycles. The van der Waals surface area contributed by atoms with Crippen LogP contribution < -0.4 is 4.68 Å². The van der Waals surface area contributed by atoms with Crippen LogP contribution in [0.1, 0.15) is 11.4 Å². The minimum absolute atomic E-state index is 1.01. The second-order valence-corrected chi connectivity index (χ2v) is 3.40. The molecule has 0 aliphatic heterocycles. The van der Waals surface area contributed by atoms with E-state index in [0.29, 0.717) is 0 Å². The second-order valence-electron chi connectivity index (χ2n) is 3.40. The standard InChI is InChI=1S/C10H13N4/c1-8-4-6-10(7-5-8)14-9(2)13(3)11-12-14/h4-7H,1-3H3/q+1. The highest BCUT2D eigenvalue weighted by atomic mass is 15.6. The predicted octanol–water partition coefficient (Wildman–Crippen LogP) is 0.709. The molecule has 0 aliphatic rings. The quantitative estimate of drug-likeness (QED) is 0.619. The van der Waals surface area contributed by atoms with E-state index in [4.69, 9.17) is 0 Å². The van der Waals surface area contributed by atoms with E-state index in [1.807, 2.05) is 30.8 Å². The van der Waals surface area contributed by atoms with E-state index < -0.39 is 0 Å². The summed E-state index contributed by atoms with van der Waals surface area (Å²) in [5.41, 5.74) is 2.29. The molecule has 72 valence electrons. The van der Waals surface area contributed by atoms with Gasteiger partial charge in [0, 0.05) is 6.92 Å². The lowest BCUT2D eigenvalue weighted by Gasteiger charge is -1.95. The SMILES string of the molecule is Cc1ccc(-n2nn[n+](C)c2C)cc1. The van der Waals surface area contributed by atoms with E-state index in [9.17, 15) is 0 Å². The number of tetrazole rings is 1. The summed E-state index contributed by atoms with van der Waals surface area (Å²) in [5.74, 6) is 1.01. The summed E-state index contributed by atoms with van der Waals surface area (Å²) in [6.07, 6.45) is 0. The van der Waals surface area contributed by atoms with E-state index in [1.165, 1.54) is 5.56 Å². The molecule has 2 aromatic rings. The van der Waals surface area contributed by atoms with Crippen LogP contribution in [0.25, 0.3) is 5.69 Å². The summed E-state index contributed by atoms with van der Waals surface area (Å²) in [5, 5.41) is 7.99. The fourth-order valence-electron chi connectivity index (χ4n) is 1.29. The summed E-state index contributed by atoms with van der Waals surface area (Å²) < 4.78 is 3.57. The van der Waals surface area contributed by atoms with Gasteiger partial charge < -0.3 is 0 Å². The molecule has 4 heteroatoms. The Labute approximate surface area is 82.8 Å². The fraction of sp³-hybridized carbons (Fsp3) is 0.300. The molecule has 0 unspecified atom stereocenters. The van der Waals surface area contributed by atoms with Crippen molar-refractivity contribution in [3.8, 4) is 5.69 Å². The van der Waals surface area contributed by atoms with Gasteiger partial charge in [0.2, 0.25) is 0 Å². The zero-order chi connectivity index (χ0) is 10.1. The molecule has 0 bridgehead atoms. The van der Waals surface area contributed by atoms with Crippen molar-refractivity contribution < 1.29 is 4.68 Å². The molecule has 0 N–H and O–H groups in total. The van der Waals surface area contributed by atoms with Crippen LogP contribution in [0.15, 0.2) is 24.3 Å². The highest BCUT2D eigenvalue weighted by molar-refractivity contribution is 5.33. The van der Waals surface area contributed by atoms with Crippen LogP contribution in [0.5, 0.6) is 0 Å². The summed E-state index contributed by atoms with van der Waals surface area (Å²) >= 11 is 0. The summed E-state index contributed by atoms with van der Waals surface area (Å²) in [6, 6.07) is 8.21. The number of nitrogens with zero attached hydrogens (tertiary/aromatic N) is 4. The second kappa shape index (κ2) is 3.21. The van der Waals surface area contributed by atoms with Gasteiger partial charge in [0.25, 0.3) is 5.82 Å². The van der Waals surface area contributed by atoms with Gasteiger partial charge >= 0.3 is 0 Å². The van der Waals surface area contributed by atoms with Crippen molar-refractivity contribution >= 4 is 0 Å². The molecule has 1 heterocycles. The maximum atomic E-state index is 4.04. The molecule has 0 aliphatic carbocycles. The van der Waals surface area contributed by atoms with Crippen LogP contribution in [-0.2, 0) is 7.05 Å². The van der Waals surface area contributed by atoms with Crippen LogP contribution in [0.2, 0.25) is 0 Å². The van der Waals surface area contributed by atoms with Gasteiger partial charge in [0.15, 0.2) is 5.21 Å². The molecular weight excluding hydrogens is 176 g/mol. The lowest BCUT2D eigenvalue weighted by atomic mass is 10.2. The van der Waals surface area contributed by atoms with Gasteiger partial charge in [-0.15, -0.1) is 4.68 Å². The molecule has 0 saturated heterocycles. The van der Waals surface area contributed by atoms with Gasteiger partial charge in [-0.2, -0.15) is 0 Å². The number of aromatic nitrogens is 4. The number of aryl methyl sites for hydroxylation is 2. The molecule has 0 radical (unpaired) electrons. The summed E-state index contributed by atoms with van der Waals surface area (Å²) in [6.45, 7) is 4.05. The maximum absolute atomic E-state index is 4.04. The minimum Gasteiger partial charge on any atom is -0.140 e. The topological polar surface area (TPSA) is 34.6 Å². The molecule has 0 saturated carbocycles. The molecule has 2 rings (SSSR count).